The van der Waals surface area contributed by atoms with E-state index in [0.717, 1.165) is 22.8 Å². The van der Waals surface area contributed by atoms with E-state index in [1.165, 1.54) is 0 Å². The molecular weight excluding hydrogens is 234 g/mol. The summed E-state index contributed by atoms with van der Waals surface area (Å²) < 4.78 is 0. The second kappa shape index (κ2) is 5.31. The first-order valence-corrected chi connectivity index (χ1v) is 6.12. The molecule has 0 saturated carbocycles. The number of benzene rings is 1. The Morgan fingerprint density at radius 2 is 1.58 bits per heavy atom. The molecule has 0 unspecified atom stereocenters. The smallest absolute Gasteiger partial charge is 0.141 e. The summed E-state index contributed by atoms with van der Waals surface area (Å²) in [5.41, 5.74) is 2.92. The number of anilines is 2. The van der Waals surface area contributed by atoms with Gasteiger partial charge in [0.1, 0.15) is 12.1 Å². The normalized spacial score (nSPS) is 17.7. The van der Waals surface area contributed by atoms with E-state index in [2.05, 4.69) is 15.3 Å². The molecule has 0 aliphatic heterocycles. The lowest BCUT2D eigenvalue weighted by Gasteiger charge is -2.10. The second-order valence-electron chi connectivity index (χ2n) is 4.12. The fourth-order valence-electron chi connectivity index (χ4n) is 1.89. The SMILES string of the molecule is C1=C\c2ncnc(Nc3ccccc3)c2/C=C/C=C/1. The molecule has 0 atom stereocenters. The van der Waals surface area contributed by atoms with Crippen molar-refractivity contribution in [3.8, 4) is 0 Å². The molecule has 0 fully saturated rings. The zero-order valence-electron chi connectivity index (χ0n) is 10.3. The predicted molar refractivity (Wildman–Crippen MR) is 79.0 cm³/mol. The molecule has 0 amide bonds. The first-order valence-electron chi connectivity index (χ1n) is 6.12. The zero-order valence-corrected chi connectivity index (χ0v) is 10.3. The van der Waals surface area contributed by atoms with E-state index < -0.39 is 0 Å². The molecule has 3 heteroatoms. The highest BCUT2D eigenvalue weighted by molar-refractivity contribution is 5.75. The van der Waals surface area contributed by atoms with Crippen LogP contribution in [0.15, 0.2) is 61.0 Å². The number of hydrogen-bond acceptors (Lipinski definition) is 3. The molecule has 0 radical (unpaired) electrons. The third-order valence-electron chi connectivity index (χ3n) is 2.80. The average Bonchev–Trinajstić information content (AvgIpc) is 2.41. The van der Waals surface area contributed by atoms with Gasteiger partial charge in [-0.25, -0.2) is 9.97 Å². The first kappa shape index (κ1) is 11.4. The Kier molecular flexibility index (Phi) is 3.19. The minimum atomic E-state index is 0.812. The summed E-state index contributed by atoms with van der Waals surface area (Å²) in [6, 6.07) is 9.99. The van der Waals surface area contributed by atoms with Crippen LogP contribution in [0.2, 0.25) is 0 Å². The highest BCUT2D eigenvalue weighted by atomic mass is 15.0. The molecule has 3 nitrogen and oxygen atoms in total. The molecule has 92 valence electrons. The maximum atomic E-state index is 4.33. The van der Waals surface area contributed by atoms with E-state index in [1.54, 1.807) is 6.33 Å². The highest BCUT2D eigenvalue weighted by Crippen LogP contribution is 2.23. The van der Waals surface area contributed by atoms with Crippen molar-refractivity contribution in [3.63, 3.8) is 0 Å². The van der Waals surface area contributed by atoms with E-state index in [-0.39, 0.29) is 0 Å². The Morgan fingerprint density at radius 1 is 0.789 bits per heavy atom. The van der Waals surface area contributed by atoms with Crippen LogP contribution in [0, 0.1) is 0 Å². The summed E-state index contributed by atoms with van der Waals surface area (Å²) in [6.45, 7) is 0. The van der Waals surface area contributed by atoms with Crippen molar-refractivity contribution in [2.24, 2.45) is 0 Å². The molecule has 1 N–H and O–H groups in total. The van der Waals surface area contributed by atoms with Gasteiger partial charge < -0.3 is 5.32 Å². The molecule has 1 aromatic heterocycles. The zero-order chi connectivity index (χ0) is 12.9. The van der Waals surface area contributed by atoms with Crippen LogP contribution >= 0.6 is 0 Å². The number of hydrogen-bond donors (Lipinski definition) is 1. The highest BCUT2D eigenvalue weighted by Gasteiger charge is 2.07. The van der Waals surface area contributed by atoms with Crippen LogP contribution in [0.4, 0.5) is 11.5 Å². The monoisotopic (exact) mass is 247 g/mol. The molecule has 1 heterocycles. The van der Waals surface area contributed by atoms with Gasteiger partial charge in [0.25, 0.3) is 0 Å². The van der Waals surface area contributed by atoms with Gasteiger partial charge in [-0.15, -0.1) is 0 Å². The fourth-order valence-corrected chi connectivity index (χ4v) is 1.89. The Hall–Kier alpha value is -2.68. The number of nitrogens with zero attached hydrogens (tertiary/aromatic N) is 2. The summed E-state index contributed by atoms with van der Waals surface area (Å²) in [4.78, 5) is 8.63. The summed E-state index contributed by atoms with van der Waals surface area (Å²) in [5, 5.41) is 3.32. The molecule has 3 rings (SSSR count). The van der Waals surface area contributed by atoms with Crippen LogP contribution in [0.1, 0.15) is 11.3 Å². The lowest BCUT2D eigenvalue weighted by atomic mass is 10.1. The third-order valence-corrected chi connectivity index (χ3v) is 2.80. The maximum absolute atomic E-state index is 4.33. The van der Waals surface area contributed by atoms with Crippen molar-refractivity contribution >= 4 is 23.7 Å². The van der Waals surface area contributed by atoms with Crippen molar-refractivity contribution < 1.29 is 0 Å². The van der Waals surface area contributed by atoms with Crippen molar-refractivity contribution in [2.75, 3.05) is 5.32 Å². The van der Waals surface area contributed by atoms with Gasteiger partial charge in [0, 0.05) is 11.3 Å². The quantitative estimate of drug-likeness (QED) is 0.876. The Balaban J connectivity index is 2.02. The Bertz CT molecular complexity index is 655. The third kappa shape index (κ3) is 2.60. The van der Waals surface area contributed by atoms with Gasteiger partial charge in [-0.2, -0.15) is 0 Å². The average molecular weight is 247 g/mol. The molecule has 0 bridgehead atoms. The number of nitrogens with one attached hydrogen (secondary N) is 1. The number of rotatable bonds is 2. The first-order chi connectivity index (χ1) is 9.43. The number of fused-ring (bicyclic) bond motifs is 1. The van der Waals surface area contributed by atoms with Gasteiger partial charge in [-0.1, -0.05) is 42.5 Å². The molecule has 1 aliphatic carbocycles. The fraction of sp³-hybridized carbons (Fsp3) is 0. The van der Waals surface area contributed by atoms with Crippen molar-refractivity contribution in [3.05, 3.63) is 72.2 Å². The van der Waals surface area contributed by atoms with Crippen LogP contribution in [-0.2, 0) is 0 Å². The van der Waals surface area contributed by atoms with E-state index in [4.69, 9.17) is 0 Å². The summed E-state index contributed by atoms with van der Waals surface area (Å²) in [7, 11) is 0. The Morgan fingerprint density at radius 3 is 2.42 bits per heavy atom. The van der Waals surface area contributed by atoms with E-state index in [1.807, 2.05) is 66.8 Å². The lowest BCUT2D eigenvalue weighted by molar-refractivity contribution is 1.14. The number of aromatic nitrogens is 2. The van der Waals surface area contributed by atoms with Gasteiger partial charge in [-0.05, 0) is 24.3 Å². The minimum Gasteiger partial charge on any atom is -0.340 e. The summed E-state index contributed by atoms with van der Waals surface area (Å²) in [5.74, 6) is 0.812. The standard InChI is InChI=1S/C16H13N3/c1-2-7-11-15-14(10-6-1)16(18-12-17-15)19-13-8-4-3-5-9-13/h1-12H,(H,17,18,19). The van der Waals surface area contributed by atoms with Crippen LogP contribution in [0.25, 0.3) is 12.2 Å². The molecule has 1 aliphatic rings. The number of para-hydroxylation sites is 1. The van der Waals surface area contributed by atoms with Crippen LogP contribution in [-0.4, -0.2) is 9.97 Å². The Labute approximate surface area is 112 Å². The number of allylic oxidation sites excluding steroid dienone is 4. The van der Waals surface area contributed by atoms with E-state index in [9.17, 15) is 0 Å². The van der Waals surface area contributed by atoms with E-state index >= 15 is 0 Å². The molecule has 2 aromatic rings. The molecule has 1 aromatic carbocycles. The summed E-state index contributed by atoms with van der Waals surface area (Å²) >= 11 is 0. The second-order valence-corrected chi connectivity index (χ2v) is 4.12. The van der Waals surface area contributed by atoms with Crippen molar-refractivity contribution in [2.45, 2.75) is 0 Å². The van der Waals surface area contributed by atoms with Crippen LogP contribution in [0.5, 0.6) is 0 Å². The van der Waals surface area contributed by atoms with Gasteiger partial charge >= 0.3 is 0 Å². The largest absolute Gasteiger partial charge is 0.340 e. The molecule has 0 saturated heterocycles. The lowest BCUT2D eigenvalue weighted by Crippen LogP contribution is -2.00. The predicted octanol–water partition coefficient (Wildman–Crippen LogP) is 3.82. The topological polar surface area (TPSA) is 37.8 Å². The van der Waals surface area contributed by atoms with Crippen LogP contribution < -0.4 is 5.32 Å². The summed E-state index contributed by atoms with van der Waals surface area (Å²) in [6.07, 6.45) is 13.5. The van der Waals surface area contributed by atoms with Crippen molar-refractivity contribution in [1.29, 1.82) is 0 Å². The minimum absolute atomic E-state index is 0.812. The van der Waals surface area contributed by atoms with Crippen LogP contribution in [0.3, 0.4) is 0 Å². The van der Waals surface area contributed by atoms with Gasteiger partial charge in [0.05, 0.1) is 5.69 Å². The molecule has 0 spiro atoms. The van der Waals surface area contributed by atoms with Crippen molar-refractivity contribution in [1.82, 2.24) is 9.97 Å². The molecule has 19 heavy (non-hydrogen) atoms. The van der Waals surface area contributed by atoms with Gasteiger partial charge in [0.2, 0.25) is 0 Å². The molecular formula is C16H13N3. The van der Waals surface area contributed by atoms with E-state index in [0.29, 0.717) is 0 Å². The maximum Gasteiger partial charge on any atom is 0.141 e. The van der Waals surface area contributed by atoms with Gasteiger partial charge in [-0.3, -0.25) is 0 Å². The van der Waals surface area contributed by atoms with Gasteiger partial charge in [0.15, 0.2) is 0 Å².